The molecule has 0 aliphatic carbocycles. The topological polar surface area (TPSA) is 41.6 Å². The van der Waals surface area contributed by atoms with E-state index >= 15 is 0 Å². The fraction of sp³-hybridized carbons (Fsp3) is 0.550. The summed E-state index contributed by atoms with van der Waals surface area (Å²) in [6.45, 7) is 5.49. The monoisotopic (exact) mass is 328 g/mol. The molecule has 0 unspecified atom stereocenters. The zero-order valence-corrected chi connectivity index (χ0v) is 14.5. The smallest absolute Gasteiger partial charge is 0.220 e. The predicted octanol–water partition coefficient (Wildman–Crippen LogP) is 3.27. The molecule has 130 valence electrons. The van der Waals surface area contributed by atoms with Gasteiger partial charge < -0.3 is 15.0 Å². The predicted molar refractivity (Wildman–Crippen MR) is 97.0 cm³/mol. The van der Waals surface area contributed by atoms with E-state index in [-0.39, 0.29) is 5.91 Å². The van der Waals surface area contributed by atoms with E-state index in [4.69, 9.17) is 4.74 Å². The molecule has 1 aromatic rings. The first-order valence-corrected chi connectivity index (χ1v) is 9.11. The summed E-state index contributed by atoms with van der Waals surface area (Å²) in [6, 6.07) is 8.45. The minimum Gasteiger partial charge on any atom is -0.378 e. The first-order chi connectivity index (χ1) is 11.7. The van der Waals surface area contributed by atoms with Gasteiger partial charge in [-0.05, 0) is 42.9 Å². The van der Waals surface area contributed by atoms with Crippen molar-refractivity contribution in [3.8, 4) is 0 Å². The van der Waals surface area contributed by atoms with Crippen molar-refractivity contribution in [1.82, 2.24) is 5.32 Å². The number of nitrogens with one attached hydrogen (secondary N) is 1. The van der Waals surface area contributed by atoms with Crippen LogP contribution in [0.4, 0.5) is 5.69 Å². The van der Waals surface area contributed by atoms with Gasteiger partial charge in [-0.3, -0.25) is 4.79 Å². The van der Waals surface area contributed by atoms with Gasteiger partial charge in [0.1, 0.15) is 0 Å². The van der Waals surface area contributed by atoms with Crippen LogP contribution in [-0.2, 0) is 16.1 Å². The van der Waals surface area contributed by atoms with Gasteiger partial charge in [-0.15, -0.1) is 0 Å². The molecule has 4 heteroatoms. The van der Waals surface area contributed by atoms with Gasteiger partial charge in [0.2, 0.25) is 5.91 Å². The van der Waals surface area contributed by atoms with Crippen molar-refractivity contribution < 1.29 is 9.53 Å². The summed E-state index contributed by atoms with van der Waals surface area (Å²) >= 11 is 0. The van der Waals surface area contributed by atoms with Gasteiger partial charge in [0, 0.05) is 38.3 Å². The highest BCUT2D eigenvalue weighted by molar-refractivity contribution is 5.76. The third-order valence-corrected chi connectivity index (χ3v) is 4.99. The van der Waals surface area contributed by atoms with Gasteiger partial charge in [-0.2, -0.15) is 0 Å². The Hall–Kier alpha value is -1.81. The molecule has 24 heavy (non-hydrogen) atoms. The lowest BCUT2D eigenvalue weighted by Crippen LogP contribution is -2.30. The Morgan fingerprint density at radius 2 is 2.17 bits per heavy atom. The number of anilines is 1. The number of benzene rings is 1. The fourth-order valence-corrected chi connectivity index (χ4v) is 3.52. The van der Waals surface area contributed by atoms with Crippen LogP contribution in [0.2, 0.25) is 0 Å². The van der Waals surface area contributed by atoms with Gasteiger partial charge in [0.05, 0.1) is 6.10 Å². The van der Waals surface area contributed by atoms with Gasteiger partial charge in [-0.1, -0.05) is 31.2 Å². The normalized spacial score (nSPS) is 23.5. The van der Waals surface area contributed by atoms with Gasteiger partial charge in [0.15, 0.2) is 0 Å². The van der Waals surface area contributed by atoms with Crippen molar-refractivity contribution >= 4 is 11.6 Å². The standard InChI is InChI=1S/C20H28N2O2/c1-2-19-13-16(8-11-24-19)14-20(23)21-15-17-6-5-7-18(12-17)22-9-3-4-10-22/h3-7,12,16,19H,2,8-11,13-15H2,1H3,(H,21,23)/t16-,19-/m0/s1. The highest BCUT2D eigenvalue weighted by atomic mass is 16.5. The third-order valence-electron chi connectivity index (χ3n) is 4.99. The zero-order chi connectivity index (χ0) is 16.8. The third kappa shape index (κ3) is 4.60. The highest BCUT2D eigenvalue weighted by Crippen LogP contribution is 2.25. The quantitative estimate of drug-likeness (QED) is 0.815. The lowest BCUT2D eigenvalue weighted by molar-refractivity contribution is -0.123. The minimum absolute atomic E-state index is 0.157. The molecule has 1 saturated heterocycles. The van der Waals surface area contributed by atoms with Crippen LogP contribution in [0.15, 0.2) is 36.4 Å². The largest absolute Gasteiger partial charge is 0.378 e. The first-order valence-electron chi connectivity index (χ1n) is 9.11. The van der Waals surface area contributed by atoms with E-state index < -0.39 is 0 Å². The first kappa shape index (κ1) is 17.0. The van der Waals surface area contributed by atoms with E-state index in [1.807, 2.05) is 0 Å². The van der Waals surface area contributed by atoms with E-state index in [9.17, 15) is 4.79 Å². The maximum Gasteiger partial charge on any atom is 0.220 e. The number of carbonyl (C=O) groups is 1. The summed E-state index contributed by atoms with van der Waals surface area (Å²) in [7, 11) is 0. The number of hydrogen-bond donors (Lipinski definition) is 1. The van der Waals surface area contributed by atoms with Crippen LogP contribution in [0.25, 0.3) is 0 Å². The molecule has 1 N–H and O–H groups in total. The van der Waals surface area contributed by atoms with Gasteiger partial charge in [0.25, 0.3) is 0 Å². The second kappa shape index (κ2) is 8.34. The Labute approximate surface area is 144 Å². The van der Waals surface area contributed by atoms with Gasteiger partial charge >= 0.3 is 0 Å². The maximum atomic E-state index is 12.2. The minimum atomic E-state index is 0.157. The summed E-state index contributed by atoms with van der Waals surface area (Å²) in [5.41, 5.74) is 2.38. The molecule has 0 bridgehead atoms. The van der Waals surface area contributed by atoms with E-state index in [2.05, 4.69) is 53.6 Å². The van der Waals surface area contributed by atoms with Crippen molar-refractivity contribution in [2.24, 2.45) is 5.92 Å². The molecule has 1 aromatic carbocycles. The molecule has 1 fully saturated rings. The number of rotatable bonds is 6. The SMILES string of the molecule is CC[C@H]1C[C@@H](CC(=O)NCc2cccc(N3CC=CC3)c2)CCO1. The highest BCUT2D eigenvalue weighted by Gasteiger charge is 2.23. The van der Waals surface area contributed by atoms with Crippen molar-refractivity contribution in [3.05, 3.63) is 42.0 Å². The number of amides is 1. The summed E-state index contributed by atoms with van der Waals surface area (Å²) in [5.74, 6) is 0.621. The van der Waals surface area contributed by atoms with Crippen molar-refractivity contribution in [1.29, 1.82) is 0 Å². The van der Waals surface area contributed by atoms with Crippen LogP contribution in [-0.4, -0.2) is 31.7 Å². The Morgan fingerprint density at radius 3 is 2.96 bits per heavy atom. The Kier molecular flexibility index (Phi) is 5.91. The molecule has 2 aliphatic heterocycles. The second-order valence-electron chi connectivity index (χ2n) is 6.82. The Balaban J connectivity index is 1.46. The molecule has 3 rings (SSSR count). The van der Waals surface area contributed by atoms with E-state index in [1.54, 1.807) is 0 Å². The van der Waals surface area contributed by atoms with E-state index in [0.717, 1.165) is 44.5 Å². The van der Waals surface area contributed by atoms with Crippen LogP contribution in [0.3, 0.4) is 0 Å². The van der Waals surface area contributed by atoms with Crippen LogP contribution in [0.5, 0.6) is 0 Å². The van der Waals surface area contributed by atoms with Crippen molar-refractivity contribution in [2.45, 2.75) is 45.3 Å². The molecule has 0 spiro atoms. The van der Waals surface area contributed by atoms with Crippen LogP contribution < -0.4 is 10.2 Å². The molecule has 0 radical (unpaired) electrons. The molecule has 2 heterocycles. The summed E-state index contributed by atoms with van der Waals surface area (Å²) in [6.07, 6.45) is 8.38. The number of nitrogens with zero attached hydrogens (tertiary/aromatic N) is 1. The molecule has 2 atom stereocenters. The number of carbonyl (C=O) groups excluding carboxylic acids is 1. The average Bonchev–Trinajstić information content (AvgIpc) is 3.15. The average molecular weight is 328 g/mol. The molecule has 1 amide bonds. The van der Waals surface area contributed by atoms with Crippen LogP contribution >= 0.6 is 0 Å². The number of ether oxygens (including phenoxy) is 1. The molecule has 2 aliphatic rings. The second-order valence-corrected chi connectivity index (χ2v) is 6.82. The molecule has 0 saturated carbocycles. The van der Waals surface area contributed by atoms with E-state index in [1.165, 1.54) is 5.69 Å². The maximum absolute atomic E-state index is 12.2. The summed E-state index contributed by atoms with van der Waals surface area (Å²) < 4.78 is 5.69. The van der Waals surface area contributed by atoms with Crippen molar-refractivity contribution in [2.75, 3.05) is 24.6 Å². The fourth-order valence-electron chi connectivity index (χ4n) is 3.52. The number of hydrogen-bond acceptors (Lipinski definition) is 3. The lowest BCUT2D eigenvalue weighted by Gasteiger charge is -2.28. The lowest BCUT2D eigenvalue weighted by atomic mass is 9.91. The Morgan fingerprint density at radius 1 is 1.33 bits per heavy atom. The summed E-state index contributed by atoms with van der Waals surface area (Å²) in [5, 5.41) is 3.08. The zero-order valence-electron chi connectivity index (χ0n) is 14.5. The van der Waals surface area contributed by atoms with Crippen LogP contribution in [0.1, 0.15) is 38.2 Å². The molecule has 4 nitrogen and oxygen atoms in total. The molecule has 0 aromatic heterocycles. The molecular formula is C20H28N2O2. The van der Waals surface area contributed by atoms with Crippen molar-refractivity contribution in [3.63, 3.8) is 0 Å². The Bertz CT molecular complexity index is 577. The summed E-state index contributed by atoms with van der Waals surface area (Å²) in [4.78, 5) is 14.6. The molecular weight excluding hydrogens is 300 g/mol. The van der Waals surface area contributed by atoms with Gasteiger partial charge in [-0.25, -0.2) is 0 Å². The van der Waals surface area contributed by atoms with Crippen LogP contribution in [0, 0.1) is 5.92 Å². The van der Waals surface area contributed by atoms with E-state index in [0.29, 0.717) is 25.0 Å².